The van der Waals surface area contributed by atoms with Crippen molar-refractivity contribution in [3.8, 4) is 0 Å². The molecule has 0 N–H and O–H groups in total. The Morgan fingerprint density at radius 1 is 0.299 bits per heavy atom. The van der Waals surface area contributed by atoms with Gasteiger partial charge in [-0.25, -0.2) is 0 Å². The molecule has 0 aromatic heterocycles. The van der Waals surface area contributed by atoms with Gasteiger partial charge in [-0.15, -0.1) is 0 Å². The number of allylic oxidation sites excluding steroid dienone is 12. The molecule has 0 heterocycles. The van der Waals surface area contributed by atoms with Crippen LogP contribution in [0.25, 0.3) is 0 Å². The maximum atomic E-state index is 12.8. The highest BCUT2D eigenvalue weighted by Gasteiger charge is 2.19. The molecule has 0 aliphatic heterocycles. The van der Waals surface area contributed by atoms with E-state index in [1.807, 2.05) is 0 Å². The molecular weight excluding hydrogens is 829 g/mol. The molecule has 1 unspecified atom stereocenters. The number of carbonyl (C=O) groups is 3. The van der Waals surface area contributed by atoms with Gasteiger partial charge in [0.05, 0.1) is 0 Å². The Kier molecular flexibility index (Phi) is 52.8. The largest absolute Gasteiger partial charge is 0.462 e. The fourth-order valence-electron chi connectivity index (χ4n) is 7.98. The van der Waals surface area contributed by atoms with E-state index in [9.17, 15) is 14.4 Å². The Morgan fingerprint density at radius 3 is 0.896 bits per heavy atom. The second kappa shape index (κ2) is 55.4. The van der Waals surface area contributed by atoms with Crippen molar-refractivity contribution in [1.82, 2.24) is 0 Å². The van der Waals surface area contributed by atoms with Crippen molar-refractivity contribution < 1.29 is 28.6 Å². The van der Waals surface area contributed by atoms with E-state index in [2.05, 4.69) is 93.7 Å². The number of hydrogen-bond donors (Lipinski definition) is 0. The van der Waals surface area contributed by atoms with Gasteiger partial charge in [0.15, 0.2) is 6.10 Å². The summed E-state index contributed by atoms with van der Waals surface area (Å²) in [5, 5.41) is 0. The standard InChI is InChI=1S/C61H106O6/c1-4-7-10-13-16-19-22-25-28-30-31-34-36-39-42-45-48-51-54-60(63)66-57-58(56-65-59(62)53-50-47-44-41-38-35-32-27-24-21-18-15-12-9-6-3)67-61(64)55-52-49-46-43-40-37-33-29-26-23-20-17-14-11-8-5-2/h16,19,22,25,28-31,33-34,37,40,58H,4-15,17-18,20-21,23-24,26-27,32,35-36,38-39,41-57H2,1-3H3/b19-16-,25-22-,30-28-,33-29-,34-31-,40-37-. The van der Waals surface area contributed by atoms with Gasteiger partial charge in [0.2, 0.25) is 0 Å². The van der Waals surface area contributed by atoms with Crippen molar-refractivity contribution >= 4 is 17.9 Å². The Bertz CT molecular complexity index is 1260. The van der Waals surface area contributed by atoms with Gasteiger partial charge < -0.3 is 14.2 Å². The van der Waals surface area contributed by atoms with Gasteiger partial charge in [-0.3, -0.25) is 14.4 Å². The Balaban J connectivity index is 4.46. The summed E-state index contributed by atoms with van der Waals surface area (Å²) in [5.74, 6) is -0.933. The van der Waals surface area contributed by atoms with Crippen molar-refractivity contribution in [3.63, 3.8) is 0 Å². The predicted octanol–water partition coefficient (Wildman–Crippen LogP) is 19.0. The lowest BCUT2D eigenvalue weighted by Crippen LogP contribution is -2.30. The highest BCUT2D eigenvalue weighted by molar-refractivity contribution is 5.71. The van der Waals surface area contributed by atoms with Crippen molar-refractivity contribution in [1.29, 1.82) is 0 Å². The molecule has 0 rings (SSSR count). The molecule has 0 aromatic carbocycles. The van der Waals surface area contributed by atoms with E-state index in [1.165, 1.54) is 141 Å². The first-order chi connectivity index (χ1) is 33.0. The molecule has 0 spiro atoms. The van der Waals surface area contributed by atoms with Gasteiger partial charge in [-0.05, 0) is 70.6 Å². The van der Waals surface area contributed by atoms with Crippen molar-refractivity contribution in [3.05, 3.63) is 72.9 Å². The summed E-state index contributed by atoms with van der Waals surface area (Å²) < 4.78 is 16.8. The third kappa shape index (κ3) is 53.7. The molecule has 0 fully saturated rings. The van der Waals surface area contributed by atoms with Gasteiger partial charge in [0, 0.05) is 19.3 Å². The summed E-state index contributed by atoms with van der Waals surface area (Å²) in [7, 11) is 0. The summed E-state index contributed by atoms with van der Waals surface area (Å²) in [6, 6.07) is 0. The van der Waals surface area contributed by atoms with Crippen molar-refractivity contribution in [2.45, 2.75) is 284 Å². The highest BCUT2D eigenvalue weighted by atomic mass is 16.6. The molecule has 6 nitrogen and oxygen atoms in total. The Hall–Kier alpha value is -3.15. The van der Waals surface area contributed by atoms with E-state index in [0.717, 1.165) is 96.3 Å². The zero-order chi connectivity index (χ0) is 48.6. The van der Waals surface area contributed by atoms with Crippen LogP contribution in [0, 0.1) is 0 Å². The zero-order valence-corrected chi connectivity index (χ0v) is 44.2. The Morgan fingerprint density at radius 2 is 0.537 bits per heavy atom. The fourth-order valence-corrected chi connectivity index (χ4v) is 7.98. The second-order valence-electron chi connectivity index (χ2n) is 19.0. The minimum Gasteiger partial charge on any atom is -0.462 e. The van der Waals surface area contributed by atoms with Gasteiger partial charge in [-0.2, -0.15) is 0 Å². The van der Waals surface area contributed by atoms with Crippen LogP contribution in [0.4, 0.5) is 0 Å². The van der Waals surface area contributed by atoms with Crippen LogP contribution in [0.2, 0.25) is 0 Å². The van der Waals surface area contributed by atoms with Crippen LogP contribution in [0.5, 0.6) is 0 Å². The van der Waals surface area contributed by atoms with Gasteiger partial charge >= 0.3 is 17.9 Å². The summed E-state index contributed by atoms with van der Waals surface area (Å²) in [6.07, 6.45) is 70.2. The second-order valence-corrected chi connectivity index (χ2v) is 19.0. The molecule has 0 aliphatic carbocycles. The summed E-state index contributed by atoms with van der Waals surface area (Å²) >= 11 is 0. The number of ether oxygens (including phenoxy) is 3. The summed E-state index contributed by atoms with van der Waals surface area (Å²) in [5.41, 5.74) is 0. The van der Waals surface area contributed by atoms with E-state index < -0.39 is 6.10 Å². The predicted molar refractivity (Wildman–Crippen MR) is 288 cm³/mol. The van der Waals surface area contributed by atoms with Crippen LogP contribution in [-0.4, -0.2) is 37.2 Å². The quantitative estimate of drug-likeness (QED) is 0.0262. The fraction of sp³-hybridized carbons (Fsp3) is 0.754. The maximum Gasteiger partial charge on any atom is 0.306 e. The molecule has 386 valence electrons. The third-order valence-corrected chi connectivity index (χ3v) is 12.3. The van der Waals surface area contributed by atoms with Crippen molar-refractivity contribution in [2.24, 2.45) is 0 Å². The van der Waals surface area contributed by atoms with Gasteiger partial charge in [0.25, 0.3) is 0 Å². The number of carbonyl (C=O) groups excluding carboxylic acids is 3. The lowest BCUT2D eigenvalue weighted by molar-refractivity contribution is -0.167. The molecule has 0 bridgehead atoms. The molecule has 0 aliphatic rings. The van der Waals surface area contributed by atoms with Crippen molar-refractivity contribution in [2.75, 3.05) is 13.2 Å². The normalized spacial score (nSPS) is 12.6. The van der Waals surface area contributed by atoms with E-state index in [1.54, 1.807) is 0 Å². The molecule has 67 heavy (non-hydrogen) atoms. The first kappa shape index (κ1) is 63.8. The van der Waals surface area contributed by atoms with E-state index in [4.69, 9.17) is 14.2 Å². The van der Waals surface area contributed by atoms with Crippen LogP contribution in [0.1, 0.15) is 278 Å². The average molecular weight is 936 g/mol. The van der Waals surface area contributed by atoms with E-state index >= 15 is 0 Å². The summed E-state index contributed by atoms with van der Waals surface area (Å²) in [4.78, 5) is 38.1. The zero-order valence-electron chi connectivity index (χ0n) is 44.2. The molecule has 0 amide bonds. The first-order valence-corrected chi connectivity index (χ1v) is 28.5. The van der Waals surface area contributed by atoms with Crippen LogP contribution in [0.15, 0.2) is 72.9 Å². The van der Waals surface area contributed by atoms with Crippen LogP contribution < -0.4 is 0 Å². The van der Waals surface area contributed by atoms with Crippen LogP contribution in [-0.2, 0) is 28.6 Å². The third-order valence-electron chi connectivity index (χ3n) is 12.3. The lowest BCUT2D eigenvalue weighted by Gasteiger charge is -2.18. The minimum absolute atomic E-state index is 0.0919. The smallest absolute Gasteiger partial charge is 0.306 e. The van der Waals surface area contributed by atoms with Crippen LogP contribution in [0.3, 0.4) is 0 Å². The molecule has 0 radical (unpaired) electrons. The highest BCUT2D eigenvalue weighted by Crippen LogP contribution is 2.15. The van der Waals surface area contributed by atoms with Crippen LogP contribution >= 0.6 is 0 Å². The van der Waals surface area contributed by atoms with Gasteiger partial charge in [-0.1, -0.05) is 261 Å². The number of unbranched alkanes of at least 4 members (excludes halogenated alkanes) is 32. The Labute approximate surface area is 414 Å². The monoisotopic (exact) mass is 935 g/mol. The topological polar surface area (TPSA) is 78.9 Å². The maximum absolute atomic E-state index is 12.8. The molecule has 0 saturated carbocycles. The number of esters is 3. The average Bonchev–Trinajstić information content (AvgIpc) is 3.33. The molecule has 0 saturated heterocycles. The lowest BCUT2D eigenvalue weighted by atomic mass is 10.0. The molecule has 6 heteroatoms. The minimum atomic E-state index is -0.798. The first-order valence-electron chi connectivity index (χ1n) is 28.5. The summed E-state index contributed by atoms with van der Waals surface area (Å²) in [6.45, 7) is 6.57. The SMILES string of the molecule is CCCCC\C=C/C=C\C=C/C=C\CCCCCCCC(=O)OCC(COC(=O)CCCCCCCCCCCCCCCCC)OC(=O)CCCCC/C=C\C=C/CCCCCCCCC. The molecule has 1 atom stereocenters. The number of hydrogen-bond acceptors (Lipinski definition) is 6. The molecule has 0 aromatic rings. The van der Waals surface area contributed by atoms with Gasteiger partial charge in [0.1, 0.15) is 13.2 Å². The van der Waals surface area contributed by atoms with E-state index in [0.29, 0.717) is 19.3 Å². The molecular formula is C61H106O6. The number of rotatable bonds is 51. The van der Waals surface area contributed by atoms with E-state index in [-0.39, 0.29) is 31.1 Å².